The van der Waals surface area contributed by atoms with Crippen LogP contribution in [-0.2, 0) is 4.79 Å². The lowest BCUT2D eigenvalue weighted by Crippen LogP contribution is -2.39. The number of hydrogen-bond acceptors (Lipinski definition) is 4. The molecule has 82 valence electrons. The van der Waals surface area contributed by atoms with Crippen molar-refractivity contribution in [2.24, 2.45) is 16.8 Å². The molecule has 0 aliphatic carbocycles. The third-order valence-electron chi connectivity index (χ3n) is 1.92. The zero-order valence-electron chi connectivity index (χ0n) is 8.65. The number of rotatable bonds is 5. The lowest BCUT2D eigenvalue weighted by molar-refractivity contribution is -0.122. The van der Waals surface area contributed by atoms with Gasteiger partial charge in [0.15, 0.2) is 5.84 Å². The topological polar surface area (TPSA) is 87.7 Å². The predicted octanol–water partition coefficient (Wildman–Crippen LogP) is 0.237. The lowest BCUT2D eigenvalue weighted by Gasteiger charge is -2.13. The van der Waals surface area contributed by atoms with Gasteiger partial charge < -0.3 is 16.3 Å². The van der Waals surface area contributed by atoms with Gasteiger partial charge in [-0.1, -0.05) is 12.1 Å². The molecule has 5 nitrogen and oxygen atoms in total. The smallest absolute Gasteiger partial charge is 0.230 e. The average molecular weight is 219 g/mol. The van der Waals surface area contributed by atoms with E-state index in [9.17, 15) is 4.79 Å². The van der Waals surface area contributed by atoms with Gasteiger partial charge in [0.25, 0.3) is 0 Å². The Hall–Kier alpha value is -0.910. The molecule has 14 heavy (non-hydrogen) atoms. The second kappa shape index (κ2) is 6.53. The molecule has 0 radical (unpaired) electrons. The van der Waals surface area contributed by atoms with Gasteiger partial charge in [0, 0.05) is 11.8 Å². The van der Waals surface area contributed by atoms with E-state index in [4.69, 9.17) is 10.9 Å². The molecule has 0 fully saturated rings. The number of carbonyl (C=O) groups excluding carboxylic acids is 1. The Kier molecular flexibility index (Phi) is 6.11. The van der Waals surface area contributed by atoms with E-state index in [0.29, 0.717) is 11.8 Å². The Morgan fingerprint density at radius 1 is 1.64 bits per heavy atom. The minimum atomic E-state index is -0.589. The molecule has 0 aliphatic rings. The van der Waals surface area contributed by atoms with E-state index in [1.54, 1.807) is 18.7 Å². The first-order valence-electron chi connectivity index (χ1n) is 4.30. The largest absolute Gasteiger partial charge is 0.409 e. The Morgan fingerprint density at radius 3 is 2.64 bits per heavy atom. The summed E-state index contributed by atoms with van der Waals surface area (Å²) >= 11 is 1.67. The van der Waals surface area contributed by atoms with Crippen molar-refractivity contribution >= 4 is 23.5 Å². The molecule has 6 heteroatoms. The van der Waals surface area contributed by atoms with E-state index in [0.717, 1.165) is 0 Å². The molecule has 0 saturated heterocycles. The Bertz CT molecular complexity index is 221. The summed E-state index contributed by atoms with van der Waals surface area (Å²) in [7, 11) is 0. The SMILES string of the molecule is CSC(C)CNC(=O)C(C)C(N)=NO. The number of oxime groups is 1. The highest BCUT2D eigenvalue weighted by Gasteiger charge is 2.17. The second-order valence-corrected chi connectivity index (χ2v) is 4.31. The van der Waals surface area contributed by atoms with Crippen LogP contribution < -0.4 is 11.1 Å². The van der Waals surface area contributed by atoms with Crippen LogP contribution in [0, 0.1) is 5.92 Å². The molecule has 0 saturated carbocycles. The van der Waals surface area contributed by atoms with E-state index in [1.807, 2.05) is 13.2 Å². The van der Waals surface area contributed by atoms with Crippen molar-refractivity contribution in [3.05, 3.63) is 0 Å². The van der Waals surface area contributed by atoms with E-state index >= 15 is 0 Å². The average Bonchev–Trinajstić information content (AvgIpc) is 2.22. The Labute approximate surface area is 88.1 Å². The predicted molar refractivity (Wildman–Crippen MR) is 58.6 cm³/mol. The second-order valence-electron chi connectivity index (χ2n) is 3.04. The maximum atomic E-state index is 11.4. The zero-order valence-corrected chi connectivity index (χ0v) is 9.47. The summed E-state index contributed by atoms with van der Waals surface area (Å²) in [5.74, 6) is -0.880. The minimum Gasteiger partial charge on any atom is -0.409 e. The van der Waals surface area contributed by atoms with Crippen LogP contribution >= 0.6 is 11.8 Å². The van der Waals surface area contributed by atoms with Crippen molar-refractivity contribution in [1.82, 2.24) is 5.32 Å². The first kappa shape index (κ1) is 13.1. The molecule has 0 aliphatic heterocycles. The standard InChI is InChI=1S/C8H17N3O2S/c1-5(14-3)4-10-8(12)6(2)7(9)11-13/h5-6,13H,4H2,1-3H3,(H2,9,11)(H,10,12). The van der Waals surface area contributed by atoms with Crippen molar-refractivity contribution in [2.75, 3.05) is 12.8 Å². The molecule has 1 amide bonds. The van der Waals surface area contributed by atoms with Crippen LogP contribution in [0.5, 0.6) is 0 Å². The van der Waals surface area contributed by atoms with Gasteiger partial charge in [-0.15, -0.1) is 0 Å². The van der Waals surface area contributed by atoms with Crippen LogP contribution in [0.1, 0.15) is 13.8 Å². The highest BCUT2D eigenvalue weighted by Crippen LogP contribution is 2.03. The number of amides is 1. The summed E-state index contributed by atoms with van der Waals surface area (Å²) in [5.41, 5.74) is 5.29. The van der Waals surface area contributed by atoms with E-state index in [-0.39, 0.29) is 11.7 Å². The number of carbonyl (C=O) groups is 1. The molecule has 0 aromatic rings. The van der Waals surface area contributed by atoms with Crippen LogP contribution in [0.4, 0.5) is 0 Å². The van der Waals surface area contributed by atoms with Crippen LogP contribution in [0.15, 0.2) is 5.16 Å². The number of nitrogens with one attached hydrogen (secondary N) is 1. The fourth-order valence-corrected chi connectivity index (χ4v) is 0.952. The fourth-order valence-electron chi connectivity index (χ4n) is 0.702. The maximum Gasteiger partial charge on any atom is 0.230 e. The van der Waals surface area contributed by atoms with Gasteiger partial charge in [0.2, 0.25) is 5.91 Å². The molecule has 0 spiro atoms. The number of nitrogens with two attached hydrogens (primary N) is 1. The van der Waals surface area contributed by atoms with Crippen molar-refractivity contribution in [3.8, 4) is 0 Å². The monoisotopic (exact) mass is 219 g/mol. The number of amidine groups is 1. The van der Waals surface area contributed by atoms with Gasteiger partial charge in [-0.3, -0.25) is 4.79 Å². The summed E-state index contributed by atoms with van der Waals surface area (Å²) in [5, 5.41) is 14.2. The third-order valence-corrected chi connectivity index (χ3v) is 2.89. The molecular weight excluding hydrogens is 202 g/mol. The molecular formula is C8H17N3O2S. The van der Waals surface area contributed by atoms with Crippen molar-refractivity contribution < 1.29 is 10.0 Å². The minimum absolute atomic E-state index is 0.0701. The van der Waals surface area contributed by atoms with Gasteiger partial charge >= 0.3 is 0 Å². The first-order chi connectivity index (χ1) is 6.52. The van der Waals surface area contributed by atoms with Crippen LogP contribution in [0.2, 0.25) is 0 Å². The summed E-state index contributed by atoms with van der Waals surface area (Å²) in [6.07, 6.45) is 1.98. The normalized spacial score (nSPS) is 16.1. The lowest BCUT2D eigenvalue weighted by atomic mass is 10.1. The highest BCUT2D eigenvalue weighted by atomic mass is 32.2. The maximum absolute atomic E-state index is 11.4. The molecule has 0 aromatic heterocycles. The van der Waals surface area contributed by atoms with Gasteiger partial charge in [0.1, 0.15) is 0 Å². The van der Waals surface area contributed by atoms with Crippen LogP contribution in [0.25, 0.3) is 0 Å². The first-order valence-corrected chi connectivity index (χ1v) is 5.59. The molecule has 2 atom stereocenters. The van der Waals surface area contributed by atoms with Crippen molar-refractivity contribution in [2.45, 2.75) is 19.1 Å². The zero-order chi connectivity index (χ0) is 11.1. The van der Waals surface area contributed by atoms with Crippen molar-refractivity contribution in [3.63, 3.8) is 0 Å². The Balaban J connectivity index is 3.97. The van der Waals surface area contributed by atoms with Crippen LogP contribution in [-0.4, -0.2) is 35.0 Å². The van der Waals surface area contributed by atoms with E-state index in [2.05, 4.69) is 10.5 Å². The highest BCUT2D eigenvalue weighted by molar-refractivity contribution is 7.99. The Morgan fingerprint density at radius 2 is 2.21 bits per heavy atom. The van der Waals surface area contributed by atoms with E-state index < -0.39 is 5.92 Å². The van der Waals surface area contributed by atoms with Gasteiger partial charge in [0.05, 0.1) is 5.92 Å². The quantitative estimate of drug-likeness (QED) is 0.267. The molecule has 4 N–H and O–H groups in total. The summed E-state index contributed by atoms with van der Waals surface area (Å²) < 4.78 is 0. The number of nitrogens with zero attached hydrogens (tertiary/aromatic N) is 1. The summed E-state index contributed by atoms with van der Waals surface area (Å²) in [6, 6.07) is 0. The molecule has 0 rings (SSSR count). The fraction of sp³-hybridized carbons (Fsp3) is 0.750. The summed E-state index contributed by atoms with van der Waals surface area (Å²) in [6.45, 7) is 4.19. The molecule has 0 aromatic carbocycles. The van der Waals surface area contributed by atoms with Crippen molar-refractivity contribution in [1.29, 1.82) is 0 Å². The third kappa shape index (κ3) is 4.36. The molecule has 0 heterocycles. The van der Waals surface area contributed by atoms with E-state index in [1.165, 1.54) is 0 Å². The van der Waals surface area contributed by atoms with Gasteiger partial charge in [-0.05, 0) is 13.2 Å². The number of hydrogen-bond donors (Lipinski definition) is 3. The number of thioether (sulfide) groups is 1. The molecule has 0 bridgehead atoms. The van der Waals surface area contributed by atoms with Gasteiger partial charge in [-0.2, -0.15) is 11.8 Å². The molecule has 2 unspecified atom stereocenters. The van der Waals surface area contributed by atoms with Gasteiger partial charge in [-0.25, -0.2) is 0 Å². The summed E-state index contributed by atoms with van der Waals surface area (Å²) in [4.78, 5) is 11.4. The van der Waals surface area contributed by atoms with Crippen LogP contribution in [0.3, 0.4) is 0 Å².